The zero-order valence-corrected chi connectivity index (χ0v) is 7.85. The second kappa shape index (κ2) is 5.21. The van der Waals surface area contributed by atoms with Crippen molar-refractivity contribution in [1.29, 1.82) is 0 Å². The highest BCUT2D eigenvalue weighted by Gasteiger charge is 2.09. The van der Waals surface area contributed by atoms with Crippen LogP contribution in [0.3, 0.4) is 0 Å². The molecule has 1 aromatic carbocycles. The second-order valence-corrected chi connectivity index (χ2v) is 2.95. The van der Waals surface area contributed by atoms with Gasteiger partial charge < -0.3 is 17.0 Å². The molecule has 76 valence electrons. The van der Waals surface area contributed by atoms with Crippen LogP contribution in [0.25, 0.3) is 0 Å². The smallest absolute Gasteiger partial charge is 0.153 e. The number of nitrogens with zero attached hydrogens (tertiary/aromatic N) is 1. The number of nitrogens with one attached hydrogen (secondary N) is 1. The molecule has 0 aromatic heterocycles. The Morgan fingerprint density at radius 1 is 1.36 bits per heavy atom. The van der Waals surface area contributed by atoms with Crippen molar-refractivity contribution >= 4 is 5.84 Å². The van der Waals surface area contributed by atoms with Crippen LogP contribution in [0.1, 0.15) is 5.56 Å². The van der Waals surface area contributed by atoms with Crippen LogP contribution in [-0.4, -0.2) is 11.9 Å². The van der Waals surface area contributed by atoms with Crippen molar-refractivity contribution in [2.75, 3.05) is 0 Å². The maximum Gasteiger partial charge on any atom is 0.153 e. The van der Waals surface area contributed by atoms with Gasteiger partial charge in [-0.3, -0.25) is 0 Å². The van der Waals surface area contributed by atoms with Crippen LogP contribution in [0.15, 0.2) is 35.4 Å². The number of nitrogens with two attached hydrogens (primary N) is 3. The van der Waals surface area contributed by atoms with Crippen molar-refractivity contribution in [2.45, 2.75) is 12.5 Å². The van der Waals surface area contributed by atoms with Gasteiger partial charge in [-0.25, -0.2) is 5.84 Å². The third kappa shape index (κ3) is 2.72. The highest BCUT2D eigenvalue weighted by Crippen LogP contribution is 2.01. The molecule has 1 unspecified atom stereocenters. The minimum absolute atomic E-state index is 0.299. The molecule has 1 aromatic rings. The summed E-state index contributed by atoms with van der Waals surface area (Å²) in [4.78, 5) is 0. The molecule has 0 fully saturated rings. The minimum Gasteiger partial charge on any atom is -0.321 e. The fourth-order valence-electron chi connectivity index (χ4n) is 1.20. The number of rotatable bonds is 3. The van der Waals surface area contributed by atoms with Gasteiger partial charge in [0, 0.05) is 0 Å². The summed E-state index contributed by atoms with van der Waals surface area (Å²) in [6, 6.07) is 9.55. The van der Waals surface area contributed by atoms with Gasteiger partial charge in [-0.1, -0.05) is 30.3 Å². The summed E-state index contributed by atoms with van der Waals surface area (Å²) >= 11 is 0. The van der Waals surface area contributed by atoms with Crippen molar-refractivity contribution in [3.8, 4) is 0 Å². The lowest BCUT2D eigenvalue weighted by Crippen LogP contribution is -2.46. The molecule has 0 radical (unpaired) electrons. The Morgan fingerprint density at radius 3 is 2.50 bits per heavy atom. The van der Waals surface area contributed by atoms with Gasteiger partial charge >= 0.3 is 0 Å². The van der Waals surface area contributed by atoms with E-state index in [9.17, 15) is 0 Å². The van der Waals surface area contributed by atoms with E-state index in [1.807, 2.05) is 30.3 Å². The lowest BCUT2D eigenvalue weighted by Gasteiger charge is -2.12. The van der Waals surface area contributed by atoms with Crippen molar-refractivity contribution in [3.63, 3.8) is 0 Å². The van der Waals surface area contributed by atoms with Gasteiger partial charge in [0.05, 0.1) is 6.04 Å². The highest BCUT2D eigenvalue weighted by molar-refractivity contribution is 5.86. The fourth-order valence-corrected chi connectivity index (χ4v) is 1.20. The molecule has 1 rings (SSSR count). The average Bonchev–Trinajstić information content (AvgIpc) is 2.21. The third-order valence-electron chi connectivity index (χ3n) is 1.94. The molecule has 14 heavy (non-hydrogen) atoms. The number of hydrogen-bond acceptors (Lipinski definition) is 4. The van der Waals surface area contributed by atoms with E-state index in [2.05, 4.69) is 10.5 Å². The number of amidine groups is 1. The van der Waals surface area contributed by atoms with E-state index < -0.39 is 0 Å². The lowest BCUT2D eigenvalue weighted by atomic mass is 10.1. The molecule has 0 aliphatic rings. The molecule has 0 aliphatic heterocycles. The van der Waals surface area contributed by atoms with Gasteiger partial charge in [-0.15, -0.1) is 0 Å². The van der Waals surface area contributed by atoms with Gasteiger partial charge in [-0.05, 0) is 12.0 Å². The van der Waals surface area contributed by atoms with E-state index in [-0.39, 0.29) is 6.04 Å². The summed E-state index contributed by atoms with van der Waals surface area (Å²) in [6.07, 6.45) is 0.654. The lowest BCUT2D eigenvalue weighted by molar-refractivity contribution is 0.793. The molecule has 0 saturated heterocycles. The molecule has 0 saturated carbocycles. The molecule has 1 atom stereocenters. The minimum atomic E-state index is -0.299. The Morgan fingerprint density at radius 2 is 2.00 bits per heavy atom. The summed E-state index contributed by atoms with van der Waals surface area (Å²) in [6.45, 7) is 0. The summed E-state index contributed by atoms with van der Waals surface area (Å²) in [5.74, 6) is 10.7. The molecule has 0 heterocycles. The molecule has 0 aliphatic carbocycles. The molecule has 0 amide bonds. The molecular formula is C9H15N5. The van der Waals surface area contributed by atoms with Crippen molar-refractivity contribution in [3.05, 3.63) is 35.9 Å². The van der Waals surface area contributed by atoms with E-state index in [0.717, 1.165) is 5.56 Å². The first-order chi connectivity index (χ1) is 6.77. The maximum absolute atomic E-state index is 5.82. The Balaban J connectivity index is 2.61. The Labute approximate surface area is 82.9 Å². The predicted molar refractivity (Wildman–Crippen MR) is 57.1 cm³/mol. The molecule has 5 nitrogen and oxygen atoms in total. The van der Waals surface area contributed by atoms with Crippen molar-refractivity contribution in [1.82, 2.24) is 5.43 Å². The summed E-state index contributed by atoms with van der Waals surface area (Å²) < 4.78 is 0. The summed E-state index contributed by atoms with van der Waals surface area (Å²) in [5.41, 5.74) is 9.31. The molecule has 5 heteroatoms. The maximum atomic E-state index is 5.82. The highest BCUT2D eigenvalue weighted by atomic mass is 15.3. The molecule has 0 bridgehead atoms. The van der Waals surface area contributed by atoms with Gasteiger partial charge in [-0.2, -0.15) is 5.10 Å². The molecular weight excluding hydrogens is 178 g/mol. The topological polar surface area (TPSA) is 102 Å². The van der Waals surface area contributed by atoms with Crippen molar-refractivity contribution < 1.29 is 0 Å². The first kappa shape index (κ1) is 10.5. The zero-order chi connectivity index (χ0) is 10.4. The first-order valence-electron chi connectivity index (χ1n) is 4.31. The van der Waals surface area contributed by atoms with Gasteiger partial charge in [0.15, 0.2) is 5.84 Å². The zero-order valence-electron chi connectivity index (χ0n) is 7.85. The Bertz CT molecular complexity index is 295. The predicted octanol–water partition coefficient (Wildman–Crippen LogP) is -0.708. The van der Waals surface area contributed by atoms with Gasteiger partial charge in [0.25, 0.3) is 0 Å². The van der Waals surface area contributed by atoms with Crippen LogP contribution in [0.2, 0.25) is 0 Å². The Hall–Kier alpha value is -1.59. The second-order valence-electron chi connectivity index (χ2n) is 2.95. The average molecular weight is 193 g/mol. The van der Waals surface area contributed by atoms with E-state index >= 15 is 0 Å². The number of hydrazine groups is 1. The van der Waals surface area contributed by atoms with E-state index in [0.29, 0.717) is 12.3 Å². The summed E-state index contributed by atoms with van der Waals surface area (Å²) in [5, 5.41) is 3.46. The first-order valence-corrected chi connectivity index (χ1v) is 4.31. The largest absolute Gasteiger partial charge is 0.321 e. The van der Waals surface area contributed by atoms with Crippen molar-refractivity contribution in [2.24, 2.45) is 22.5 Å². The third-order valence-corrected chi connectivity index (χ3v) is 1.94. The van der Waals surface area contributed by atoms with Crippen LogP contribution in [0.4, 0.5) is 0 Å². The normalized spacial score (nSPS) is 13.7. The van der Waals surface area contributed by atoms with Crippen LogP contribution in [0, 0.1) is 0 Å². The van der Waals surface area contributed by atoms with E-state index in [1.54, 1.807) is 0 Å². The number of hydrogen-bond donors (Lipinski definition) is 4. The quantitative estimate of drug-likeness (QED) is 0.220. The SMILES string of the molecule is N/N=C(\NN)C(N)Cc1ccccc1. The van der Waals surface area contributed by atoms with Gasteiger partial charge in [0.2, 0.25) is 0 Å². The standard InChI is InChI=1S/C9H15N5/c10-8(9(13-11)14-12)6-7-4-2-1-3-5-7/h1-5,8H,6,10-12H2,(H,13,14). The molecule has 7 N–H and O–H groups in total. The summed E-state index contributed by atoms with van der Waals surface area (Å²) in [7, 11) is 0. The van der Waals surface area contributed by atoms with Gasteiger partial charge in [0.1, 0.15) is 0 Å². The number of hydrazone groups is 1. The van der Waals surface area contributed by atoms with Crippen LogP contribution in [-0.2, 0) is 6.42 Å². The Kier molecular flexibility index (Phi) is 3.90. The van der Waals surface area contributed by atoms with Crippen LogP contribution >= 0.6 is 0 Å². The van der Waals surface area contributed by atoms with Crippen LogP contribution < -0.4 is 22.8 Å². The monoisotopic (exact) mass is 193 g/mol. The van der Waals surface area contributed by atoms with Crippen LogP contribution in [0.5, 0.6) is 0 Å². The molecule has 0 spiro atoms. The fraction of sp³-hybridized carbons (Fsp3) is 0.222. The van der Waals surface area contributed by atoms with E-state index in [1.165, 1.54) is 0 Å². The number of benzene rings is 1. The van der Waals surface area contributed by atoms with E-state index in [4.69, 9.17) is 17.4 Å².